The predicted octanol–water partition coefficient (Wildman–Crippen LogP) is 2.85. The van der Waals surface area contributed by atoms with E-state index in [0.29, 0.717) is 17.1 Å². The molecule has 1 atom stereocenters. The monoisotopic (exact) mass is 303 g/mol. The third-order valence-electron chi connectivity index (χ3n) is 2.97. The molecule has 2 aromatic rings. The zero-order valence-electron chi connectivity index (χ0n) is 13.2. The van der Waals surface area contributed by atoms with E-state index in [-0.39, 0.29) is 0 Å². The smallest absolute Gasteiger partial charge is 0.412 e. The number of nitrogens with one attached hydrogen (secondary N) is 1. The van der Waals surface area contributed by atoms with Gasteiger partial charge < -0.3 is 14.4 Å². The lowest BCUT2D eigenvalue weighted by atomic mass is 10.1. The zero-order valence-corrected chi connectivity index (χ0v) is 13.2. The van der Waals surface area contributed by atoms with Crippen LogP contribution in [0.2, 0.25) is 0 Å². The van der Waals surface area contributed by atoms with Crippen LogP contribution in [0.15, 0.2) is 36.7 Å². The second-order valence-corrected chi connectivity index (χ2v) is 6.05. The van der Waals surface area contributed by atoms with Gasteiger partial charge in [0.05, 0.1) is 0 Å². The number of aromatic nitrogens is 2. The number of benzene rings is 1. The van der Waals surface area contributed by atoms with Crippen LogP contribution < -0.4 is 5.32 Å². The Bertz CT molecular complexity index is 641. The molecule has 6 nitrogen and oxygen atoms in total. The minimum absolute atomic E-state index is 0.509. The Kier molecular flexibility index (Phi) is 4.51. The first-order valence-corrected chi connectivity index (χ1v) is 7.01. The SMILES string of the molecule is Cn1ccnc1C(O)c1ccc(NC(=O)OC(C)(C)C)cc1. The van der Waals surface area contributed by atoms with Gasteiger partial charge in [-0.25, -0.2) is 9.78 Å². The molecule has 0 radical (unpaired) electrons. The third-order valence-corrected chi connectivity index (χ3v) is 2.97. The van der Waals surface area contributed by atoms with Crippen LogP contribution in [0.3, 0.4) is 0 Å². The Morgan fingerprint density at radius 2 is 1.95 bits per heavy atom. The highest BCUT2D eigenvalue weighted by molar-refractivity contribution is 5.84. The van der Waals surface area contributed by atoms with Gasteiger partial charge in [-0.1, -0.05) is 12.1 Å². The largest absolute Gasteiger partial charge is 0.444 e. The molecule has 1 aromatic heterocycles. The van der Waals surface area contributed by atoms with Gasteiger partial charge in [0.2, 0.25) is 0 Å². The highest BCUT2D eigenvalue weighted by atomic mass is 16.6. The second-order valence-electron chi connectivity index (χ2n) is 6.05. The van der Waals surface area contributed by atoms with E-state index < -0.39 is 17.8 Å². The maximum Gasteiger partial charge on any atom is 0.412 e. The normalized spacial score (nSPS) is 12.8. The van der Waals surface area contributed by atoms with Gasteiger partial charge in [-0.3, -0.25) is 5.32 Å². The fourth-order valence-electron chi connectivity index (χ4n) is 1.96. The minimum Gasteiger partial charge on any atom is -0.444 e. The summed E-state index contributed by atoms with van der Waals surface area (Å²) in [6.07, 6.45) is 2.09. The standard InChI is InChI=1S/C16H21N3O3/c1-16(2,3)22-15(21)18-12-7-5-11(6-8-12)13(20)14-17-9-10-19(14)4/h5-10,13,20H,1-4H3,(H,18,21). The van der Waals surface area contributed by atoms with Crippen molar-refractivity contribution in [2.24, 2.45) is 7.05 Å². The molecule has 0 saturated heterocycles. The minimum atomic E-state index is -0.810. The van der Waals surface area contributed by atoms with Crippen LogP contribution in [0.1, 0.15) is 38.3 Å². The molecule has 0 saturated carbocycles. The van der Waals surface area contributed by atoms with Crippen LogP contribution in [0.25, 0.3) is 0 Å². The summed E-state index contributed by atoms with van der Waals surface area (Å²) in [5, 5.41) is 12.9. The summed E-state index contributed by atoms with van der Waals surface area (Å²) in [6.45, 7) is 5.41. The molecular weight excluding hydrogens is 282 g/mol. The van der Waals surface area contributed by atoms with Crippen molar-refractivity contribution in [1.29, 1.82) is 0 Å². The molecule has 0 spiro atoms. The first-order chi connectivity index (χ1) is 10.3. The van der Waals surface area contributed by atoms with Gasteiger partial charge in [-0.05, 0) is 38.5 Å². The number of hydrogen-bond acceptors (Lipinski definition) is 4. The number of rotatable bonds is 3. The maximum absolute atomic E-state index is 11.7. The van der Waals surface area contributed by atoms with E-state index in [1.807, 2.05) is 7.05 Å². The van der Waals surface area contributed by atoms with Gasteiger partial charge in [0.1, 0.15) is 17.5 Å². The van der Waals surface area contributed by atoms with Crippen molar-refractivity contribution < 1.29 is 14.6 Å². The molecule has 1 amide bonds. The maximum atomic E-state index is 11.7. The topological polar surface area (TPSA) is 76.4 Å². The Hall–Kier alpha value is -2.34. The molecule has 1 aromatic carbocycles. The van der Waals surface area contributed by atoms with Crippen molar-refractivity contribution in [3.63, 3.8) is 0 Å². The molecule has 118 valence electrons. The number of aliphatic hydroxyl groups excluding tert-OH is 1. The Labute approximate surface area is 129 Å². The van der Waals surface area contributed by atoms with Gasteiger partial charge in [0.15, 0.2) is 0 Å². The second kappa shape index (κ2) is 6.19. The molecule has 22 heavy (non-hydrogen) atoms. The number of ether oxygens (including phenoxy) is 1. The third kappa shape index (κ3) is 4.08. The van der Waals surface area contributed by atoms with Gasteiger partial charge in [0, 0.05) is 25.1 Å². The highest BCUT2D eigenvalue weighted by Gasteiger charge is 2.17. The summed E-state index contributed by atoms with van der Waals surface area (Å²) in [5.74, 6) is 0.563. The van der Waals surface area contributed by atoms with Gasteiger partial charge in [-0.2, -0.15) is 0 Å². The number of nitrogens with zero attached hydrogens (tertiary/aromatic N) is 2. The predicted molar refractivity (Wildman–Crippen MR) is 83.6 cm³/mol. The fraction of sp³-hybridized carbons (Fsp3) is 0.375. The number of hydrogen-bond donors (Lipinski definition) is 2. The van der Waals surface area contributed by atoms with E-state index in [9.17, 15) is 9.90 Å². The average Bonchev–Trinajstić information content (AvgIpc) is 2.83. The quantitative estimate of drug-likeness (QED) is 0.914. The van der Waals surface area contributed by atoms with Crippen LogP contribution >= 0.6 is 0 Å². The summed E-state index contributed by atoms with van der Waals surface area (Å²) in [6, 6.07) is 6.91. The van der Waals surface area contributed by atoms with E-state index in [1.165, 1.54) is 0 Å². The van der Waals surface area contributed by atoms with Gasteiger partial charge in [0.25, 0.3) is 0 Å². The number of aliphatic hydroxyl groups is 1. The van der Waals surface area contributed by atoms with Crippen LogP contribution in [0.4, 0.5) is 10.5 Å². The number of carbonyl (C=O) groups excluding carboxylic acids is 1. The summed E-state index contributed by atoms with van der Waals surface area (Å²) >= 11 is 0. The number of imidazole rings is 1. The fourth-order valence-corrected chi connectivity index (χ4v) is 1.96. The molecular formula is C16H21N3O3. The molecule has 0 aliphatic rings. The Morgan fingerprint density at radius 1 is 1.32 bits per heavy atom. The summed E-state index contributed by atoms with van der Waals surface area (Å²) in [5.41, 5.74) is 0.757. The lowest BCUT2D eigenvalue weighted by Crippen LogP contribution is -2.27. The van der Waals surface area contributed by atoms with Crippen LogP contribution in [-0.2, 0) is 11.8 Å². The van der Waals surface area contributed by atoms with Crippen LogP contribution in [-0.4, -0.2) is 26.4 Å². The lowest BCUT2D eigenvalue weighted by molar-refractivity contribution is 0.0636. The van der Waals surface area contributed by atoms with Crippen LogP contribution in [0, 0.1) is 0 Å². The van der Waals surface area contributed by atoms with E-state index in [0.717, 1.165) is 0 Å². The van der Waals surface area contributed by atoms with E-state index in [2.05, 4.69) is 10.3 Å². The highest BCUT2D eigenvalue weighted by Crippen LogP contribution is 2.22. The van der Waals surface area contributed by atoms with Gasteiger partial charge in [-0.15, -0.1) is 0 Å². The molecule has 0 aliphatic carbocycles. The Morgan fingerprint density at radius 3 is 2.45 bits per heavy atom. The molecule has 1 heterocycles. The number of aryl methyl sites for hydroxylation is 1. The molecule has 2 rings (SSSR count). The van der Waals surface area contributed by atoms with Gasteiger partial charge >= 0.3 is 6.09 Å². The van der Waals surface area contributed by atoms with Crippen LogP contribution in [0.5, 0.6) is 0 Å². The molecule has 0 bridgehead atoms. The first kappa shape index (κ1) is 16.0. The number of amides is 1. The lowest BCUT2D eigenvalue weighted by Gasteiger charge is -2.19. The molecule has 0 fully saturated rings. The van der Waals surface area contributed by atoms with E-state index in [1.54, 1.807) is 62.0 Å². The zero-order chi connectivity index (χ0) is 16.3. The number of carbonyl (C=O) groups is 1. The van der Waals surface area contributed by atoms with Crippen molar-refractivity contribution in [3.8, 4) is 0 Å². The molecule has 0 aliphatic heterocycles. The van der Waals surface area contributed by atoms with Crippen molar-refractivity contribution in [1.82, 2.24) is 9.55 Å². The first-order valence-electron chi connectivity index (χ1n) is 7.01. The summed E-state index contributed by atoms with van der Waals surface area (Å²) < 4.78 is 6.94. The van der Waals surface area contributed by atoms with E-state index in [4.69, 9.17) is 4.74 Å². The summed E-state index contributed by atoms with van der Waals surface area (Å²) in [4.78, 5) is 15.8. The van der Waals surface area contributed by atoms with E-state index >= 15 is 0 Å². The van der Waals surface area contributed by atoms with Crippen molar-refractivity contribution in [3.05, 3.63) is 48.0 Å². The van der Waals surface area contributed by atoms with Crippen molar-refractivity contribution >= 4 is 11.8 Å². The molecule has 6 heteroatoms. The average molecular weight is 303 g/mol. The molecule has 2 N–H and O–H groups in total. The van der Waals surface area contributed by atoms with Crippen molar-refractivity contribution in [2.45, 2.75) is 32.5 Å². The Balaban J connectivity index is 2.04. The summed E-state index contributed by atoms with van der Waals surface area (Å²) in [7, 11) is 1.82. The number of anilines is 1. The van der Waals surface area contributed by atoms with Crippen molar-refractivity contribution in [2.75, 3.05) is 5.32 Å². The molecule has 1 unspecified atom stereocenters.